The summed E-state index contributed by atoms with van der Waals surface area (Å²) in [7, 11) is 0. The summed E-state index contributed by atoms with van der Waals surface area (Å²) in [5, 5.41) is 6.24. The van der Waals surface area contributed by atoms with Gasteiger partial charge in [0.2, 0.25) is 0 Å². The number of para-hydroxylation sites is 2. The van der Waals surface area contributed by atoms with Gasteiger partial charge in [0.15, 0.2) is 0 Å². The molecule has 0 atom stereocenters. The smallest absolute Gasteiger partial charge is 0.138 e. The van der Waals surface area contributed by atoms with Crippen LogP contribution in [0.5, 0.6) is 0 Å². The molecule has 0 saturated heterocycles. The van der Waals surface area contributed by atoms with E-state index < -0.39 is 0 Å². The van der Waals surface area contributed by atoms with Gasteiger partial charge in [0.1, 0.15) is 11.3 Å². The van der Waals surface area contributed by atoms with Gasteiger partial charge in [-0.05, 0) is 116 Å². The topological polar surface area (TPSA) is 16.4 Å². The van der Waals surface area contributed by atoms with Crippen molar-refractivity contribution in [3.63, 3.8) is 0 Å². The van der Waals surface area contributed by atoms with Crippen molar-refractivity contribution in [1.82, 2.24) is 0 Å². The van der Waals surface area contributed by atoms with Crippen molar-refractivity contribution in [2.75, 3.05) is 4.90 Å². The van der Waals surface area contributed by atoms with Gasteiger partial charge in [-0.1, -0.05) is 182 Å². The van der Waals surface area contributed by atoms with E-state index >= 15 is 0 Å². The van der Waals surface area contributed by atoms with Gasteiger partial charge in [0, 0.05) is 33.5 Å². The fraction of sp³-hybridized carbons (Fsp3) is 0.0169. The Morgan fingerprint density at radius 1 is 0.328 bits per heavy atom. The lowest BCUT2D eigenvalue weighted by Crippen LogP contribution is -2.11. The molecule has 0 spiro atoms. The summed E-state index contributed by atoms with van der Waals surface area (Å²) in [5.74, 6) is 0.926. The van der Waals surface area contributed by atoms with E-state index in [9.17, 15) is 0 Å². The molecular weight excluding hydrogens is 739 g/mol. The molecule has 61 heavy (non-hydrogen) atoms. The first-order valence-electron chi connectivity index (χ1n) is 20.9. The minimum Gasteiger partial charge on any atom is -0.456 e. The van der Waals surface area contributed by atoms with E-state index in [0.29, 0.717) is 0 Å². The molecule has 0 unspecified atom stereocenters. The minimum atomic E-state index is 0.920. The number of hydrogen-bond acceptors (Lipinski definition) is 2. The molecule has 0 bridgehead atoms. The Labute approximate surface area is 356 Å². The molecule has 11 rings (SSSR count). The molecule has 0 aliphatic carbocycles. The van der Waals surface area contributed by atoms with Crippen LogP contribution in [0.25, 0.3) is 88.3 Å². The first-order valence-corrected chi connectivity index (χ1v) is 20.9. The van der Waals surface area contributed by atoms with Crippen LogP contribution in [0, 0.1) is 6.92 Å². The summed E-state index contributed by atoms with van der Waals surface area (Å²) >= 11 is 0. The molecule has 288 valence electrons. The fourth-order valence-electron chi connectivity index (χ4n) is 8.90. The largest absolute Gasteiger partial charge is 0.456 e. The van der Waals surface area contributed by atoms with E-state index in [1.165, 1.54) is 60.5 Å². The molecule has 10 aromatic carbocycles. The Bertz CT molecular complexity index is 3340. The third-order valence-electron chi connectivity index (χ3n) is 12.1. The quantitative estimate of drug-likeness (QED) is 0.143. The maximum absolute atomic E-state index is 6.31. The van der Waals surface area contributed by atoms with Crippen LogP contribution in [0.1, 0.15) is 5.56 Å². The van der Waals surface area contributed by atoms with Crippen LogP contribution in [0.3, 0.4) is 0 Å². The van der Waals surface area contributed by atoms with Crippen LogP contribution in [0.15, 0.2) is 235 Å². The molecule has 1 heterocycles. The summed E-state index contributed by atoms with van der Waals surface area (Å²) < 4.78 is 6.31. The van der Waals surface area contributed by atoms with Crippen molar-refractivity contribution in [3.8, 4) is 55.8 Å². The molecule has 0 aliphatic heterocycles. The molecule has 0 radical (unpaired) electrons. The zero-order chi connectivity index (χ0) is 40.7. The van der Waals surface area contributed by atoms with Crippen LogP contribution in [0.4, 0.5) is 17.1 Å². The summed E-state index contributed by atoms with van der Waals surface area (Å²) in [6, 6.07) is 83.0. The monoisotopic (exact) mass is 779 g/mol. The Kier molecular flexibility index (Phi) is 9.09. The lowest BCUT2D eigenvalue weighted by molar-refractivity contribution is 0.629. The predicted molar refractivity (Wildman–Crippen MR) is 258 cm³/mol. The predicted octanol–water partition coefficient (Wildman–Crippen LogP) is 16.9. The first kappa shape index (κ1) is 36.2. The van der Waals surface area contributed by atoms with Crippen LogP contribution in [-0.2, 0) is 0 Å². The standard InChI is InChI=1S/C59H41NO/c1-40-53-17-8-10-21-58(53)61-59(40)50-16-11-15-47(39-50)43-24-22-41(23-25-43)42-28-33-51(34-29-42)60(57-20-9-7-19-56(57)45-12-3-2-4-13-45)52-35-30-44(31-36-52)48-32-37-55-49(38-48)27-26-46-14-5-6-18-54(46)55/h2-39H,1H3. The molecule has 0 aliphatic rings. The number of nitrogens with zero attached hydrogens (tertiary/aromatic N) is 1. The van der Waals surface area contributed by atoms with Gasteiger partial charge in [-0.25, -0.2) is 0 Å². The molecule has 2 heteroatoms. The minimum absolute atomic E-state index is 0.920. The highest BCUT2D eigenvalue weighted by molar-refractivity contribution is 6.08. The normalized spacial score (nSPS) is 11.4. The van der Waals surface area contributed by atoms with Crippen molar-refractivity contribution in [2.45, 2.75) is 6.92 Å². The highest BCUT2D eigenvalue weighted by atomic mass is 16.3. The molecule has 0 amide bonds. The van der Waals surface area contributed by atoms with E-state index in [1.54, 1.807) is 0 Å². The highest BCUT2D eigenvalue weighted by Crippen LogP contribution is 2.42. The van der Waals surface area contributed by atoms with Crippen LogP contribution in [-0.4, -0.2) is 0 Å². The van der Waals surface area contributed by atoms with Gasteiger partial charge < -0.3 is 9.32 Å². The lowest BCUT2D eigenvalue weighted by atomic mass is 9.97. The van der Waals surface area contributed by atoms with Gasteiger partial charge in [0.05, 0.1) is 5.69 Å². The SMILES string of the molecule is Cc1c(-c2cccc(-c3ccc(-c4ccc(N(c5ccc(-c6ccc7c(ccc8ccccc87)c6)cc5)c5ccccc5-c5ccccc5)cc4)cc3)c2)oc2ccccc12. The average Bonchev–Trinajstić information content (AvgIpc) is 3.68. The molecule has 0 N–H and O–H groups in total. The molecule has 1 aromatic heterocycles. The number of anilines is 3. The number of benzene rings is 10. The van der Waals surface area contributed by atoms with E-state index in [1.807, 2.05) is 12.1 Å². The maximum Gasteiger partial charge on any atom is 0.138 e. The van der Waals surface area contributed by atoms with Crippen molar-refractivity contribution in [1.29, 1.82) is 0 Å². The summed E-state index contributed by atoms with van der Waals surface area (Å²) in [5.41, 5.74) is 15.9. The second-order valence-electron chi connectivity index (χ2n) is 15.7. The summed E-state index contributed by atoms with van der Waals surface area (Å²) in [4.78, 5) is 2.38. The van der Waals surface area contributed by atoms with Crippen LogP contribution >= 0.6 is 0 Å². The van der Waals surface area contributed by atoms with Gasteiger partial charge in [-0.3, -0.25) is 0 Å². The second-order valence-corrected chi connectivity index (χ2v) is 15.7. The highest BCUT2D eigenvalue weighted by Gasteiger charge is 2.18. The Morgan fingerprint density at radius 2 is 0.836 bits per heavy atom. The van der Waals surface area contributed by atoms with Crippen molar-refractivity contribution < 1.29 is 4.42 Å². The molecular formula is C59H41NO. The average molecular weight is 780 g/mol. The summed E-state index contributed by atoms with van der Waals surface area (Å²) in [6.07, 6.45) is 0. The zero-order valence-electron chi connectivity index (χ0n) is 33.8. The third kappa shape index (κ3) is 6.75. The Balaban J connectivity index is 0.916. The molecule has 11 aromatic rings. The van der Waals surface area contributed by atoms with E-state index in [4.69, 9.17) is 4.42 Å². The summed E-state index contributed by atoms with van der Waals surface area (Å²) in [6.45, 7) is 2.14. The molecule has 0 saturated carbocycles. The van der Waals surface area contributed by atoms with Gasteiger partial charge in [-0.15, -0.1) is 0 Å². The van der Waals surface area contributed by atoms with Crippen molar-refractivity contribution in [3.05, 3.63) is 236 Å². The van der Waals surface area contributed by atoms with Crippen LogP contribution in [0.2, 0.25) is 0 Å². The van der Waals surface area contributed by atoms with E-state index in [0.717, 1.165) is 50.5 Å². The fourth-order valence-corrected chi connectivity index (χ4v) is 8.90. The lowest BCUT2D eigenvalue weighted by Gasteiger charge is -2.28. The first-order chi connectivity index (χ1) is 30.1. The number of aryl methyl sites for hydroxylation is 1. The number of hydrogen-bond donors (Lipinski definition) is 0. The van der Waals surface area contributed by atoms with Crippen molar-refractivity contribution in [2.24, 2.45) is 0 Å². The van der Waals surface area contributed by atoms with E-state index in [-0.39, 0.29) is 0 Å². The Morgan fingerprint density at radius 3 is 1.56 bits per heavy atom. The number of fused-ring (bicyclic) bond motifs is 4. The number of rotatable bonds is 8. The second kappa shape index (κ2) is 15.3. The van der Waals surface area contributed by atoms with Crippen molar-refractivity contribution >= 4 is 49.6 Å². The van der Waals surface area contributed by atoms with Crippen LogP contribution < -0.4 is 4.90 Å². The molecule has 2 nitrogen and oxygen atoms in total. The van der Waals surface area contributed by atoms with Gasteiger partial charge in [0.25, 0.3) is 0 Å². The van der Waals surface area contributed by atoms with E-state index in [2.05, 4.69) is 230 Å². The van der Waals surface area contributed by atoms with Gasteiger partial charge >= 0.3 is 0 Å². The zero-order valence-corrected chi connectivity index (χ0v) is 33.8. The maximum atomic E-state index is 6.31. The third-order valence-corrected chi connectivity index (χ3v) is 12.1. The van der Waals surface area contributed by atoms with Gasteiger partial charge in [-0.2, -0.15) is 0 Å². The number of furan rings is 1. The molecule has 0 fully saturated rings. The Hall–Kier alpha value is -7.94.